The lowest BCUT2D eigenvalue weighted by Crippen LogP contribution is -2.29. The average molecular weight is 325 g/mol. The van der Waals surface area contributed by atoms with Gasteiger partial charge in [0, 0.05) is 55.9 Å². The normalized spacial score (nSPS) is 18.3. The molecule has 0 radical (unpaired) electrons. The number of pyridine rings is 1. The fourth-order valence-electron chi connectivity index (χ4n) is 3.02. The first kappa shape index (κ1) is 16.4. The summed E-state index contributed by atoms with van der Waals surface area (Å²) in [5, 5.41) is 7.19. The van der Waals surface area contributed by atoms with Crippen LogP contribution in [-0.4, -0.2) is 52.3 Å². The van der Waals surface area contributed by atoms with Crippen molar-refractivity contribution >= 4 is 12.0 Å². The number of likely N-dealkylation sites (tertiary alicyclic amines) is 1. The SMILES string of the molecule is CN1CCC(CNC(=O)/C=C/c2cnccc2-c2cnn(C)c2)C1. The second-order valence-electron chi connectivity index (χ2n) is 6.36. The van der Waals surface area contributed by atoms with Crippen LogP contribution in [0.5, 0.6) is 0 Å². The summed E-state index contributed by atoms with van der Waals surface area (Å²) in [5.74, 6) is 0.488. The molecule has 24 heavy (non-hydrogen) atoms. The van der Waals surface area contributed by atoms with Crippen LogP contribution >= 0.6 is 0 Å². The smallest absolute Gasteiger partial charge is 0.244 e. The summed E-state index contributed by atoms with van der Waals surface area (Å²) in [6, 6.07) is 1.93. The molecule has 126 valence electrons. The van der Waals surface area contributed by atoms with Gasteiger partial charge in [0.2, 0.25) is 5.91 Å². The third-order valence-corrected chi connectivity index (χ3v) is 4.34. The molecule has 6 nitrogen and oxygen atoms in total. The first-order valence-electron chi connectivity index (χ1n) is 8.19. The molecule has 3 rings (SSSR count). The molecule has 1 atom stereocenters. The van der Waals surface area contributed by atoms with Crippen molar-refractivity contribution in [1.29, 1.82) is 0 Å². The average Bonchev–Trinajstić information content (AvgIpc) is 3.19. The van der Waals surface area contributed by atoms with Crippen molar-refractivity contribution in [3.05, 3.63) is 42.5 Å². The van der Waals surface area contributed by atoms with Crippen LogP contribution in [0.3, 0.4) is 0 Å². The third kappa shape index (κ3) is 4.08. The number of rotatable bonds is 5. The van der Waals surface area contributed by atoms with Crippen LogP contribution in [0.1, 0.15) is 12.0 Å². The maximum absolute atomic E-state index is 12.1. The van der Waals surface area contributed by atoms with Crippen molar-refractivity contribution in [3.8, 4) is 11.1 Å². The molecule has 2 aromatic heterocycles. The summed E-state index contributed by atoms with van der Waals surface area (Å²) < 4.78 is 1.76. The molecular weight excluding hydrogens is 302 g/mol. The van der Waals surface area contributed by atoms with Crippen molar-refractivity contribution in [2.45, 2.75) is 6.42 Å². The minimum absolute atomic E-state index is 0.0643. The molecule has 0 saturated carbocycles. The van der Waals surface area contributed by atoms with E-state index in [1.807, 2.05) is 31.6 Å². The number of hydrogen-bond acceptors (Lipinski definition) is 4. The lowest BCUT2D eigenvalue weighted by molar-refractivity contribution is -0.116. The second-order valence-corrected chi connectivity index (χ2v) is 6.36. The molecule has 0 bridgehead atoms. The number of aromatic nitrogens is 3. The highest BCUT2D eigenvalue weighted by molar-refractivity contribution is 5.92. The highest BCUT2D eigenvalue weighted by Crippen LogP contribution is 2.23. The zero-order chi connectivity index (χ0) is 16.9. The van der Waals surface area contributed by atoms with Crippen LogP contribution in [0.25, 0.3) is 17.2 Å². The van der Waals surface area contributed by atoms with E-state index in [0.717, 1.165) is 42.7 Å². The standard InChI is InChI=1S/C18H23N5O/c1-22-8-6-14(12-22)9-20-18(24)4-3-15-10-19-7-5-17(15)16-11-21-23(2)13-16/h3-5,7,10-11,13-14H,6,8-9,12H2,1-2H3,(H,20,24)/b4-3+. The van der Waals surface area contributed by atoms with Crippen LogP contribution in [0.4, 0.5) is 0 Å². The third-order valence-electron chi connectivity index (χ3n) is 4.34. The van der Waals surface area contributed by atoms with E-state index < -0.39 is 0 Å². The number of aryl methyl sites for hydroxylation is 1. The summed E-state index contributed by atoms with van der Waals surface area (Å²) >= 11 is 0. The largest absolute Gasteiger partial charge is 0.352 e. The Morgan fingerprint density at radius 1 is 1.42 bits per heavy atom. The predicted molar refractivity (Wildman–Crippen MR) is 94.1 cm³/mol. The van der Waals surface area contributed by atoms with Crippen molar-refractivity contribution in [2.24, 2.45) is 13.0 Å². The highest BCUT2D eigenvalue weighted by atomic mass is 16.1. The van der Waals surface area contributed by atoms with Gasteiger partial charge in [-0.2, -0.15) is 5.10 Å². The maximum atomic E-state index is 12.1. The first-order chi connectivity index (χ1) is 11.6. The van der Waals surface area contributed by atoms with Gasteiger partial charge in [-0.3, -0.25) is 14.5 Å². The first-order valence-corrected chi connectivity index (χ1v) is 8.19. The van der Waals surface area contributed by atoms with Gasteiger partial charge in [-0.15, -0.1) is 0 Å². The van der Waals surface area contributed by atoms with Gasteiger partial charge in [-0.1, -0.05) is 0 Å². The fourth-order valence-corrected chi connectivity index (χ4v) is 3.02. The van der Waals surface area contributed by atoms with Crippen LogP contribution < -0.4 is 5.32 Å². The van der Waals surface area contributed by atoms with E-state index in [9.17, 15) is 4.79 Å². The van der Waals surface area contributed by atoms with Gasteiger partial charge in [0.1, 0.15) is 0 Å². The summed E-state index contributed by atoms with van der Waals surface area (Å²) in [6.45, 7) is 2.90. The van der Waals surface area contributed by atoms with E-state index in [4.69, 9.17) is 0 Å². The number of nitrogens with one attached hydrogen (secondary N) is 1. The molecule has 1 unspecified atom stereocenters. The van der Waals surface area contributed by atoms with Crippen LogP contribution in [0.2, 0.25) is 0 Å². The molecule has 1 fully saturated rings. The van der Waals surface area contributed by atoms with Crippen LogP contribution in [0.15, 0.2) is 36.9 Å². The lowest BCUT2D eigenvalue weighted by atomic mass is 10.0. The molecule has 2 aromatic rings. The molecular formula is C18H23N5O. The van der Waals surface area contributed by atoms with Gasteiger partial charge in [0.25, 0.3) is 0 Å². The molecule has 0 spiro atoms. The monoisotopic (exact) mass is 325 g/mol. The molecule has 1 aliphatic heterocycles. The van der Waals surface area contributed by atoms with Crippen LogP contribution in [0, 0.1) is 5.92 Å². The lowest BCUT2D eigenvalue weighted by Gasteiger charge is -2.10. The van der Waals surface area contributed by atoms with E-state index in [0.29, 0.717) is 5.92 Å². The Bertz CT molecular complexity index is 737. The van der Waals surface area contributed by atoms with Crippen molar-refractivity contribution in [1.82, 2.24) is 25.0 Å². The zero-order valence-corrected chi connectivity index (χ0v) is 14.1. The van der Waals surface area contributed by atoms with Gasteiger partial charge in [0.05, 0.1) is 6.20 Å². The zero-order valence-electron chi connectivity index (χ0n) is 14.1. The van der Waals surface area contributed by atoms with Gasteiger partial charge in [-0.25, -0.2) is 0 Å². The van der Waals surface area contributed by atoms with E-state index in [2.05, 4.69) is 27.3 Å². The van der Waals surface area contributed by atoms with Gasteiger partial charge >= 0.3 is 0 Å². The summed E-state index contributed by atoms with van der Waals surface area (Å²) in [4.78, 5) is 18.5. The molecule has 1 saturated heterocycles. The van der Waals surface area contributed by atoms with Crippen molar-refractivity contribution in [2.75, 3.05) is 26.7 Å². The van der Waals surface area contributed by atoms with Gasteiger partial charge in [0.15, 0.2) is 0 Å². The van der Waals surface area contributed by atoms with E-state index in [1.165, 1.54) is 0 Å². The number of amides is 1. The summed E-state index contributed by atoms with van der Waals surface area (Å²) in [5.41, 5.74) is 2.93. The number of carbonyl (C=O) groups excluding carboxylic acids is 1. The molecule has 0 aliphatic carbocycles. The Kier molecular flexibility index (Phi) is 5.05. The summed E-state index contributed by atoms with van der Waals surface area (Å²) in [7, 11) is 4.00. The van der Waals surface area contributed by atoms with Crippen molar-refractivity contribution < 1.29 is 4.79 Å². The molecule has 1 aliphatic rings. The fraction of sp³-hybridized carbons (Fsp3) is 0.389. The van der Waals surface area contributed by atoms with E-state index in [-0.39, 0.29) is 5.91 Å². The Balaban J connectivity index is 1.63. The predicted octanol–water partition coefficient (Wildman–Crippen LogP) is 1.56. The molecule has 3 heterocycles. The van der Waals surface area contributed by atoms with E-state index in [1.54, 1.807) is 23.2 Å². The second kappa shape index (κ2) is 7.40. The Morgan fingerprint density at radius 2 is 2.29 bits per heavy atom. The minimum atomic E-state index is -0.0643. The summed E-state index contributed by atoms with van der Waals surface area (Å²) in [6.07, 6.45) is 11.8. The molecule has 1 amide bonds. The van der Waals surface area contributed by atoms with E-state index >= 15 is 0 Å². The van der Waals surface area contributed by atoms with Crippen LogP contribution in [-0.2, 0) is 11.8 Å². The highest BCUT2D eigenvalue weighted by Gasteiger charge is 2.19. The minimum Gasteiger partial charge on any atom is -0.352 e. The molecule has 1 N–H and O–H groups in total. The van der Waals surface area contributed by atoms with Crippen molar-refractivity contribution in [3.63, 3.8) is 0 Å². The quantitative estimate of drug-likeness (QED) is 0.848. The topological polar surface area (TPSA) is 63.1 Å². The Labute approximate surface area is 142 Å². The van der Waals surface area contributed by atoms with Gasteiger partial charge < -0.3 is 10.2 Å². The molecule has 6 heteroatoms. The Morgan fingerprint density at radius 3 is 3.00 bits per heavy atom. The van der Waals surface area contributed by atoms with Gasteiger partial charge in [-0.05, 0) is 43.6 Å². The number of nitrogens with zero attached hydrogens (tertiary/aromatic N) is 4. The molecule has 0 aromatic carbocycles. The number of carbonyl (C=O) groups is 1. The maximum Gasteiger partial charge on any atom is 0.244 e. The number of hydrogen-bond donors (Lipinski definition) is 1. The Hall–Kier alpha value is -2.47.